The minimum Gasteiger partial charge on any atom is -0.504 e. The molecule has 0 fully saturated rings. The molecule has 0 aromatic heterocycles. The van der Waals surface area contributed by atoms with Crippen molar-refractivity contribution in [2.45, 2.75) is 0 Å². The number of benzene rings is 3. The summed E-state index contributed by atoms with van der Waals surface area (Å²) in [6.07, 6.45) is 0. The third-order valence-corrected chi connectivity index (χ3v) is 5.08. The molecule has 4 rings (SSSR count). The van der Waals surface area contributed by atoms with Gasteiger partial charge < -0.3 is 9.84 Å². The molecule has 0 atom stereocenters. The van der Waals surface area contributed by atoms with Gasteiger partial charge in [0, 0.05) is 26.7 Å². The van der Waals surface area contributed by atoms with Gasteiger partial charge in [0.25, 0.3) is 0 Å². The van der Waals surface area contributed by atoms with Gasteiger partial charge in [0.15, 0.2) is 35.5 Å². The number of aromatic hydroxyl groups is 1. The van der Waals surface area contributed by atoms with Crippen LogP contribution in [0.15, 0.2) is 65.1 Å². The number of ketones is 3. The fraction of sp³-hybridized carbons (Fsp3) is 0.0455. The van der Waals surface area contributed by atoms with Crippen LogP contribution in [0, 0.1) is 0 Å². The topological polar surface area (TPSA) is 80.7 Å². The van der Waals surface area contributed by atoms with Gasteiger partial charge in [-0.3, -0.25) is 14.4 Å². The van der Waals surface area contributed by atoms with Crippen molar-refractivity contribution in [2.24, 2.45) is 0 Å². The Bertz CT molecular complexity index is 1130. The zero-order valence-electron chi connectivity index (χ0n) is 14.4. The number of hydrogen-bond acceptors (Lipinski definition) is 5. The predicted molar refractivity (Wildman–Crippen MR) is 105 cm³/mol. The maximum Gasteiger partial charge on any atom is 0.200 e. The number of halogens is 1. The zero-order chi connectivity index (χ0) is 19.8. The molecule has 0 heterocycles. The number of carbonyl (C=O) groups is 3. The summed E-state index contributed by atoms with van der Waals surface area (Å²) in [6.45, 7) is -0.313. The third-order valence-electron chi connectivity index (χ3n) is 4.55. The lowest BCUT2D eigenvalue weighted by Crippen LogP contribution is -2.21. The van der Waals surface area contributed by atoms with Crippen LogP contribution in [0.5, 0.6) is 11.5 Å². The molecule has 1 N–H and O–H groups in total. The fourth-order valence-corrected chi connectivity index (χ4v) is 3.39. The summed E-state index contributed by atoms with van der Waals surface area (Å²) in [5, 5.41) is 10.6. The lowest BCUT2D eigenvalue weighted by molar-refractivity contribution is 0.0918. The first-order valence-electron chi connectivity index (χ1n) is 8.43. The van der Waals surface area contributed by atoms with Crippen molar-refractivity contribution in [1.82, 2.24) is 0 Å². The Kier molecular flexibility index (Phi) is 4.57. The van der Waals surface area contributed by atoms with Crippen molar-refractivity contribution >= 4 is 33.3 Å². The number of ether oxygens (including phenoxy) is 1. The van der Waals surface area contributed by atoms with Gasteiger partial charge in [-0.15, -0.1) is 0 Å². The van der Waals surface area contributed by atoms with Crippen LogP contribution >= 0.6 is 15.9 Å². The predicted octanol–water partition coefficient (Wildman–Crippen LogP) is 4.19. The lowest BCUT2D eigenvalue weighted by Gasteiger charge is -2.19. The summed E-state index contributed by atoms with van der Waals surface area (Å²) in [4.78, 5) is 37.7. The highest BCUT2D eigenvalue weighted by Gasteiger charge is 2.33. The Morgan fingerprint density at radius 2 is 1.50 bits per heavy atom. The molecule has 28 heavy (non-hydrogen) atoms. The molecule has 0 spiro atoms. The molecule has 1 aliphatic rings. The Morgan fingerprint density at radius 1 is 0.857 bits per heavy atom. The summed E-state index contributed by atoms with van der Waals surface area (Å²) in [6, 6.07) is 16.1. The van der Waals surface area contributed by atoms with E-state index >= 15 is 0 Å². The zero-order valence-corrected chi connectivity index (χ0v) is 16.0. The van der Waals surface area contributed by atoms with Crippen LogP contribution in [0.1, 0.15) is 42.2 Å². The molecular weight excluding hydrogens is 424 g/mol. The van der Waals surface area contributed by atoms with Gasteiger partial charge in [0.1, 0.15) is 0 Å². The van der Waals surface area contributed by atoms with E-state index in [1.807, 2.05) is 0 Å². The van der Waals surface area contributed by atoms with Gasteiger partial charge in [-0.05, 0) is 24.3 Å². The van der Waals surface area contributed by atoms with Gasteiger partial charge >= 0.3 is 0 Å². The second-order valence-corrected chi connectivity index (χ2v) is 7.17. The van der Waals surface area contributed by atoms with Gasteiger partial charge in [0.05, 0.1) is 5.56 Å². The standard InChI is InChI=1S/C22H13BrO5/c23-13-7-5-12(6-8-13)17(24)11-28-18-10-9-16-19(22(18)27)21(26)15-4-2-1-3-14(15)20(16)25/h1-10,27H,11H2. The minimum atomic E-state index is -0.451. The van der Waals surface area contributed by atoms with E-state index in [4.69, 9.17) is 4.74 Å². The highest BCUT2D eigenvalue weighted by Crippen LogP contribution is 2.38. The summed E-state index contributed by atoms with van der Waals surface area (Å²) in [5.74, 6) is -1.53. The van der Waals surface area contributed by atoms with E-state index in [0.717, 1.165) is 4.47 Å². The van der Waals surface area contributed by atoms with E-state index in [1.165, 1.54) is 12.1 Å². The molecule has 1 aliphatic carbocycles. The first kappa shape index (κ1) is 18.1. The molecule has 138 valence electrons. The van der Waals surface area contributed by atoms with Crippen molar-refractivity contribution in [2.75, 3.05) is 6.61 Å². The monoisotopic (exact) mass is 436 g/mol. The van der Waals surface area contributed by atoms with E-state index < -0.39 is 11.5 Å². The summed E-state index contributed by atoms with van der Waals surface area (Å²) in [7, 11) is 0. The second-order valence-electron chi connectivity index (χ2n) is 6.26. The Balaban J connectivity index is 1.63. The first-order valence-corrected chi connectivity index (χ1v) is 9.22. The number of hydrogen-bond donors (Lipinski definition) is 1. The molecule has 0 unspecified atom stereocenters. The largest absolute Gasteiger partial charge is 0.504 e. The van der Waals surface area contributed by atoms with Crippen LogP contribution in [0.3, 0.4) is 0 Å². The number of carbonyl (C=O) groups excluding carboxylic acids is 3. The van der Waals surface area contributed by atoms with Crippen molar-refractivity contribution in [3.8, 4) is 11.5 Å². The van der Waals surface area contributed by atoms with Gasteiger partial charge in [-0.2, -0.15) is 0 Å². The summed E-state index contributed by atoms with van der Waals surface area (Å²) in [5.41, 5.74) is 1.02. The van der Waals surface area contributed by atoms with E-state index in [0.29, 0.717) is 11.1 Å². The summed E-state index contributed by atoms with van der Waals surface area (Å²) < 4.78 is 6.29. The van der Waals surface area contributed by atoms with Crippen LogP contribution in [0.4, 0.5) is 0 Å². The number of rotatable bonds is 4. The second kappa shape index (κ2) is 7.05. The molecule has 3 aromatic rings. The SMILES string of the molecule is O=C(COc1ccc2c(c1O)C(=O)c1ccccc1C2=O)c1ccc(Br)cc1. The van der Waals surface area contributed by atoms with E-state index in [2.05, 4.69) is 15.9 Å². The molecule has 0 saturated carbocycles. The van der Waals surface area contributed by atoms with Crippen molar-refractivity contribution < 1.29 is 24.2 Å². The maximum atomic E-state index is 12.8. The van der Waals surface area contributed by atoms with E-state index in [-0.39, 0.29) is 40.6 Å². The smallest absolute Gasteiger partial charge is 0.200 e. The van der Waals surface area contributed by atoms with Gasteiger partial charge in [0.2, 0.25) is 0 Å². The van der Waals surface area contributed by atoms with Crippen molar-refractivity contribution in [3.63, 3.8) is 0 Å². The Morgan fingerprint density at radius 3 is 2.18 bits per heavy atom. The maximum absolute atomic E-state index is 12.8. The Labute approximate surface area is 168 Å². The highest BCUT2D eigenvalue weighted by atomic mass is 79.9. The molecular formula is C22H13BrO5. The molecule has 0 saturated heterocycles. The van der Waals surface area contributed by atoms with Crippen LogP contribution in [-0.2, 0) is 0 Å². The van der Waals surface area contributed by atoms with Crippen molar-refractivity contribution in [3.05, 3.63) is 93.0 Å². The molecule has 3 aromatic carbocycles. The molecule has 0 bridgehead atoms. The fourth-order valence-electron chi connectivity index (χ4n) is 3.13. The molecule has 6 heteroatoms. The lowest BCUT2D eigenvalue weighted by atomic mass is 9.83. The van der Waals surface area contributed by atoms with Crippen LogP contribution in [0.2, 0.25) is 0 Å². The van der Waals surface area contributed by atoms with Crippen LogP contribution in [-0.4, -0.2) is 29.1 Å². The highest BCUT2D eigenvalue weighted by molar-refractivity contribution is 9.10. The van der Waals surface area contributed by atoms with Crippen LogP contribution < -0.4 is 4.74 Å². The number of Topliss-reactive ketones (excluding diaryl/α,β-unsaturated/α-hetero) is 1. The van der Waals surface area contributed by atoms with Gasteiger partial charge in [-0.25, -0.2) is 0 Å². The van der Waals surface area contributed by atoms with Gasteiger partial charge in [-0.1, -0.05) is 52.3 Å². The summed E-state index contributed by atoms with van der Waals surface area (Å²) >= 11 is 3.30. The normalized spacial score (nSPS) is 12.3. The van der Waals surface area contributed by atoms with Crippen molar-refractivity contribution in [1.29, 1.82) is 0 Å². The average Bonchev–Trinajstić information content (AvgIpc) is 2.71. The molecule has 0 radical (unpaired) electrons. The molecule has 5 nitrogen and oxygen atoms in total. The molecule has 0 aliphatic heterocycles. The Hall–Kier alpha value is -3.25. The number of phenolic OH excluding ortho intramolecular Hbond substituents is 1. The van der Waals surface area contributed by atoms with E-state index in [1.54, 1.807) is 48.5 Å². The molecule has 0 amide bonds. The van der Waals surface area contributed by atoms with Crippen LogP contribution in [0.25, 0.3) is 0 Å². The van der Waals surface area contributed by atoms with E-state index in [9.17, 15) is 19.5 Å². The average molecular weight is 437 g/mol. The quantitative estimate of drug-likeness (QED) is 0.485. The number of phenols is 1. The third kappa shape index (κ3) is 3.01. The minimum absolute atomic E-state index is 0.0234. The first-order chi connectivity index (χ1) is 13.5. The number of fused-ring (bicyclic) bond motifs is 2.